The summed E-state index contributed by atoms with van der Waals surface area (Å²) in [7, 11) is -3.59. The van der Waals surface area contributed by atoms with Gasteiger partial charge in [0, 0.05) is 11.6 Å². The van der Waals surface area contributed by atoms with Gasteiger partial charge in [0.15, 0.2) is 11.5 Å². The summed E-state index contributed by atoms with van der Waals surface area (Å²) in [6.45, 7) is 1.92. The number of aromatic nitrogens is 4. The maximum Gasteiger partial charge on any atom is 0.240 e. The monoisotopic (exact) mass is 386 g/mol. The van der Waals surface area contributed by atoms with Crippen LogP contribution in [0.1, 0.15) is 37.7 Å². The zero-order valence-electron chi connectivity index (χ0n) is 15.1. The predicted octanol–water partition coefficient (Wildman–Crippen LogP) is 2.29. The van der Waals surface area contributed by atoms with Crippen molar-refractivity contribution < 1.29 is 8.42 Å². The van der Waals surface area contributed by atoms with E-state index >= 15 is 0 Å². The van der Waals surface area contributed by atoms with E-state index in [-0.39, 0.29) is 16.8 Å². The van der Waals surface area contributed by atoms with Gasteiger partial charge in [0.25, 0.3) is 0 Å². The number of aryl methyl sites for hydroxylation is 1. The van der Waals surface area contributed by atoms with Gasteiger partial charge in [-0.15, -0.1) is 0 Å². The third kappa shape index (κ3) is 3.40. The summed E-state index contributed by atoms with van der Waals surface area (Å²) in [5.41, 5.74) is 8.63. The number of benzene rings is 1. The highest BCUT2D eigenvalue weighted by Gasteiger charge is 2.23. The molecule has 0 amide bonds. The van der Waals surface area contributed by atoms with Gasteiger partial charge in [0.1, 0.15) is 6.33 Å². The van der Waals surface area contributed by atoms with E-state index in [2.05, 4.69) is 19.8 Å². The van der Waals surface area contributed by atoms with Gasteiger partial charge in [-0.2, -0.15) is 5.10 Å². The number of nitrogens with zero attached hydrogens (tertiary/aromatic N) is 4. The van der Waals surface area contributed by atoms with Crippen molar-refractivity contribution >= 4 is 21.5 Å². The number of anilines is 1. The molecule has 0 atom stereocenters. The molecule has 4 rings (SSSR count). The lowest BCUT2D eigenvalue weighted by molar-refractivity contribution is 0.412. The molecule has 1 aromatic carbocycles. The molecule has 3 aromatic rings. The second-order valence-corrected chi connectivity index (χ2v) is 8.67. The summed E-state index contributed by atoms with van der Waals surface area (Å²) in [5, 5.41) is 4.20. The Balaban J connectivity index is 1.74. The number of sulfonamides is 1. The first-order valence-corrected chi connectivity index (χ1v) is 10.5. The van der Waals surface area contributed by atoms with Crippen molar-refractivity contribution in [2.75, 3.05) is 5.73 Å². The largest absolute Gasteiger partial charge is 0.381 e. The quantitative estimate of drug-likeness (QED) is 0.711. The summed E-state index contributed by atoms with van der Waals surface area (Å²) >= 11 is 0. The van der Waals surface area contributed by atoms with E-state index in [0.717, 1.165) is 36.8 Å². The molecule has 0 unspecified atom stereocenters. The first kappa shape index (κ1) is 17.9. The van der Waals surface area contributed by atoms with E-state index in [9.17, 15) is 8.42 Å². The van der Waals surface area contributed by atoms with Gasteiger partial charge in [-0.3, -0.25) is 0 Å². The summed E-state index contributed by atoms with van der Waals surface area (Å²) in [6.07, 6.45) is 8.07. The van der Waals surface area contributed by atoms with Gasteiger partial charge in [0.2, 0.25) is 10.0 Å². The molecule has 27 heavy (non-hydrogen) atoms. The fourth-order valence-corrected chi connectivity index (χ4v) is 4.90. The Morgan fingerprint density at radius 2 is 1.96 bits per heavy atom. The van der Waals surface area contributed by atoms with Crippen LogP contribution in [0.4, 0.5) is 5.82 Å². The minimum absolute atomic E-state index is 0.0110. The number of imidazole rings is 1. The Bertz CT molecular complexity index is 1090. The molecule has 2 heterocycles. The lowest BCUT2D eigenvalue weighted by Crippen LogP contribution is -2.36. The van der Waals surface area contributed by atoms with Gasteiger partial charge in [-0.25, -0.2) is 27.6 Å². The topological polar surface area (TPSA) is 115 Å². The summed E-state index contributed by atoms with van der Waals surface area (Å²) in [6, 6.07) is 5.12. The molecule has 0 radical (unpaired) electrons. The average molecular weight is 386 g/mol. The Morgan fingerprint density at radius 1 is 1.19 bits per heavy atom. The molecule has 1 saturated carbocycles. The molecule has 0 saturated heterocycles. The first-order chi connectivity index (χ1) is 13.0. The molecule has 142 valence electrons. The maximum absolute atomic E-state index is 12.9. The van der Waals surface area contributed by atoms with Crippen LogP contribution in [0, 0.1) is 6.92 Å². The minimum Gasteiger partial charge on any atom is -0.381 e. The normalized spacial score (nSPS) is 16.0. The van der Waals surface area contributed by atoms with Crippen molar-refractivity contribution in [3.8, 4) is 11.3 Å². The number of nitrogens with two attached hydrogens (primary N) is 1. The third-order valence-corrected chi connectivity index (χ3v) is 6.57. The Morgan fingerprint density at radius 3 is 2.74 bits per heavy atom. The van der Waals surface area contributed by atoms with Gasteiger partial charge >= 0.3 is 0 Å². The van der Waals surface area contributed by atoms with E-state index < -0.39 is 10.0 Å². The van der Waals surface area contributed by atoms with E-state index in [1.807, 2.05) is 6.92 Å². The zero-order valence-corrected chi connectivity index (χ0v) is 15.9. The van der Waals surface area contributed by atoms with E-state index in [4.69, 9.17) is 5.73 Å². The molecular formula is C18H22N6O2S. The number of nitrogens with one attached hydrogen (secondary N) is 1. The summed E-state index contributed by atoms with van der Waals surface area (Å²) in [4.78, 5) is 8.45. The van der Waals surface area contributed by atoms with Crippen LogP contribution in [-0.2, 0) is 10.0 Å². The van der Waals surface area contributed by atoms with Gasteiger partial charge < -0.3 is 5.73 Å². The van der Waals surface area contributed by atoms with Crippen LogP contribution < -0.4 is 10.5 Å². The first-order valence-electron chi connectivity index (χ1n) is 9.03. The molecule has 3 N–H and O–H groups in total. The van der Waals surface area contributed by atoms with Crippen molar-refractivity contribution in [3.63, 3.8) is 0 Å². The highest BCUT2D eigenvalue weighted by atomic mass is 32.2. The zero-order chi connectivity index (χ0) is 19.0. The number of fused-ring (bicyclic) bond motifs is 1. The molecule has 9 heteroatoms. The SMILES string of the molecule is Cc1ccc(S(=O)(=O)NC2CCCCC2)cc1-c1cnc2c(N)ncnn12. The summed E-state index contributed by atoms with van der Waals surface area (Å²) < 4.78 is 30.2. The Hall–Kier alpha value is -2.52. The predicted molar refractivity (Wildman–Crippen MR) is 103 cm³/mol. The second-order valence-electron chi connectivity index (χ2n) is 6.96. The summed E-state index contributed by atoms with van der Waals surface area (Å²) in [5.74, 6) is 0.275. The smallest absolute Gasteiger partial charge is 0.240 e. The van der Waals surface area contributed by atoms with Crippen molar-refractivity contribution in [2.45, 2.75) is 50.0 Å². The maximum atomic E-state index is 12.9. The van der Waals surface area contributed by atoms with Crippen LogP contribution in [0.2, 0.25) is 0 Å². The fourth-order valence-electron chi connectivity index (χ4n) is 3.57. The van der Waals surface area contributed by atoms with Crippen molar-refractivity contribution in [1.82, 2.24) is 24.3 Å². The molecule has 1 aliphatic rings. The van der Waals surface area contributed by atoms with Crippen molar-refractivity contribution in [3.05, 3.63) is 36.3 Å². The molecule has 0 spiro atoms. The van der Waals surface area contributed by atoms with Crippen molar-refractivity contribution in [1.29, 1.82) is 0 Å². The number of nitrogen functional groups attached to an aromatic ring is 1. The number of rotatable bonds is 4. The van der Waals surface area contributed by atoms with E-state index in [1.54, 1.807) is 28.9 Å². The molecule has 1 fully saturated rings. The molecule has 0 aliphatic heterocycles. The van der Waals surface area contributed by atoms with Gasteiger partial charge in [-0.1, -0.05) is 25.3 Å². The number of hydrogen-bond donors (Lipinski definition) is 2. The standard InChI is InChI=1S/C18H22N6O2S/c1-12-7-8-14(27(25,26)23-13-5-3-2-4-6-13)9-15(12)16-10-20-18-17(19)21-11-22-24(16)18/h7-11,13,23H,2-6H2,1H3,(H2,19,21,22). The molecule has 1 aliphatic carbocycles. The van der Waals surface area contributed by atoms with Crippen LogP contribution in [0.5, 0.6) is 0 Å². The lowest BCUT2D eigenvalue weighted by atomic mass is 9.96. The average Bonchev–Trinajstić information content (AvgIpc) is 3.08. The van der Waals surface area contributed by atoms with Crippen LogP contribution in [-0.4, -0.2) is 34.0 Å². The van der Waals surface area contributed by atoms with Gasteiger partial charge in [0.05, 0.1) is 16.8 Å². The number of hydrogen-bond acceptors (Lipinski definition) is 6. The minimum atomic E-state index is -3.59. The molecule has 0 bridgehead atoms. The Kier molecular flexibility index (Phi) is 4.56. The highest BCUT2D eigenvalue weighted by molar-refractivity contribution is 7.89. The molecular weight excluding hydrogens is 364 g/mol. The second kappa shape index (κ2) is 6.90. The highest BCUT2D eigenvalue weighted by Crippen LogP contribution is 2.28. The third-order valence-electron chi connectivity index (χ3n) is 5.05. The Labute approximate surface area is 157 Å². The lowest BCUT2D eigenvalue weighted by Gasteiger charge is -2.22. The fraction of sp³-hybridized carbons (Fsp3) is 0.389. The molecule has 2 aromatic heterocycles. The molecule has 8 nitrogen and oxygen atoms in total. The van der Waals surface area contributed by atoms with E-state index in [0.29, 0.717) is 11.3 Å². The van der Waals surface area contributed by atoms with Crippen LogP contribution >= 0.6 is 0 Å². The van der Waals surface area contributed by atoms with Crippen LogP contribution in [0.15, 0.2) is 35.6 Å². The van der Waals surface area contributed by atoms with E-state index in [1.165, 1.54) is 12.7 Å². The van der Waals surface area contributed by atoms with Crippen LogP contribution in [0.3, 0.4) is 0 Å². The van der Waals surface area contributed by atoms with Gasteiger partial charge in [-0.05, 0) is 37.5 Å². The van der Waals surface area contributed by atoms with Crippen molar-refractivity contribution in [2.24, 2.45) is 0 Å². The van der Waals surface area contributed by atoms with Crippen LogP contribution in [0.25, 0.3) is 16.9 Å².